The van der Waals surface area contributed by atoms with Crippen LogP contribution in [0.25, 0.3) is 0 Å². The first-order chi connectivity index (χ1) is 12.7. The SMILES string of the molecule is CCN1CCCC1CNCc1cccc(OCc2c(F)cccc2Cl)c1. The van der Waals surface area contributed by atoms with Crippen LogP contribution in [0.4, 0.5) is 4.39 Å². The summed E-state index contributed by atoms with van der Waals surface area (Å²) in [5, 5.41) is 3.94. The number of hydrogen-bond acceptors (Lipinski definition) is 3. The average Bonchev–Trinajstić information content (AvgIpc) is 3.09. The smallest absolute Gasteiger partial charge is 0.131 e. The lowest BCUT2D eigenvalue weighted by atomic mass is 10.2. The van der Waals surface area contributed by atoms with E-state index < -0.39 is 0 Å². The van der Waals surface area contributed by atoms with Gasteiger partial charge in [-0.3, -0.25) is 4.90 Å². The Morgan fingerprint density at radius 1 is 1.27 bits per heavy atom. The van der Waals surface area contributed by atoms with E-state index in [9.17, 15) is 4.39 Å². The van der Waals surface area contributed by atoms with Gasteiger partial charge in [0.05, 0.1) is 5.02 Å². The fourth-order valence-electron chi connectivity index (χ4n) is 3.50. The van der Waals surface area contributed by atoms with E-state index in [1.165, 1.54) is 25.5 Å². The zero-order valence-corrected chi connectivity index (χ0v) is 15.9. The number of benzene rings is 2. The summed E-state index contributed by atoms with van der Waals surface area (Å²) in [6, 6.07) is 13.2. The van der Waals surface area contributed by atoms with E-state index in [1.54, 1.807) is 12.1 Å². The molecule has 0 saturated carbocycles. The lowest BCUT2D eigenvalue weighted by Gasteiger charge is -2.23. The minimum absolute atomic E-state index is 0.121. The van der Waals surface area contributed by atoms with Crippen LogP contribution in [0.5, 0.6) is 5.75 Å². The Balaban J connectivity index is 1.51. The van der Waals surface area contributed by atoms with Gasteiger partial charge in [-0.25, -0.2) is 4.39 Å². The zero-order chi connectivity index (χ0) is 18.4. The molecule has 0 radical (unpaired) electrons. The summed E-state index contributed by atoms with van der Waals surface area (Å²) in [6.45, 7) is 6.48. The lowest BCUT2D eigenvalue weighted by Crippen LogP contribution is -2.37. The van der Waals surface area contributed by atoms with E-state index in [-0.39, 0.29) is 12.4 Å². The lowest BCUT2D eigenvalue weighted by molar-refractivity contribution is 0.260. The van der Waals surface area contributed by atoms with Gasteiger partial charge in [0, 0.05) is 24.7 Å². The van der Waals surface area contributed by atoms with Gasteiger partial charge in [-0.1, -0.05) is 36.7 Å². The van der Waals surface area contributed by atoms with Crippen molar-refractivity contribution in [3.63, 3.8) is 0 Å². The third-order valence-corrected chi connectivity index (χ3v) is 5.31. The molecular formula is C21H26ClFN2O. The Morgan fingerprint density at radius 3 is 2.92 bits per heavy atom. The molecule has 140 valence electrons. The molecule has 26 heavy (non-hydrogen) atoms. The van der Waals surface area contributed by atoms with E-state index >= 15 is 0 Å². The largest absolute Gasteiger partial charge is 0.489 e. The maximum absolute atomic E-state index is 13.8. The molecule has 1 aliphatic rings. The number of halogens is 2. The van der Waals surface area contributed by atoms with Crippen LogP contribution in [0.1, 0.15) is 30.9 Å². The van der Waals surface area contributed by atoms with Crippen molar-refractivity contribution >= 4 is 11.6 Å². The third kappa shape index (κ3) is 4.97. The van der Waals surface area contributed by atoms with Crippen molar-refractivity contribution in [3.8, 4) is 5.75 Å². The van der Waals surface area contributed by atoms with Gasteiger partial charge in [0.1, 0.15) is 18.2 Å². The van der Waals surface area contributed by atoms with Crippen LogP contribution in [0, 0.1) is 5.82 Å². The van der Waals surface area contributed by atoms with E-state index in [0.717, 1.165) is 30.9 Å². The molecule has 1 saturated heterocycles. The maximum Gasteiger partial charge on any atom is 0.131 e. The third-order valence-electron chi connectivity index (χ3n) is 4.96. The van der Waals surface area contributed by atoms with Gasteiger partial charge in [-0.05, 0) is 55.8 Å². The molecule has 1 unspecified atom stereocenters. The van der Waals surface area contributed by atoms with Crippen molar-refractivity contribution < 1.29 is 9.13 Å². The summed E-state index contributed by atoms with van der Waals surface area (Å²) in [5.41, 5.74) is 1.54. The van der Waals surface area contributed by atoms with Crippen LogP contribution in [-0.4, -0.2) is 30.6 Å². The van der Waals surface area contributed by atoms with Crippen molar-refractivity contribution in [2.75, 3.05) is 19.6 Å². The molecule has 0 aliphatic carbocycles. The topological polar surface area (TPSA) is 24.5 Å². The monoisotopic (exact) mass is 376 g/mol. The Hall–Kier alpha value is -1.62. The normalized spacial score (nSPS) is 17.6. The quantitative estimate of drug-likeness (QED) is 0.726. The van der Waals surface area contributed by atoms with Crippen LogP contribution in [0.3, 0.4) is 0 Å². The molecule has 2 aromatic rings. The van der Waals surface area contributed by atoms with Gasteiger partial charge in [0.25, 0.3) is 0 Å². The Morgan fingerprint density at radius 2 is 2.12 bits per heavy atom. The number of nitrogens with one attached hydrogen (secondary N) is 1. The van der Waals surface area contributed by atoms with Gasteiger partial charge in [0.15, 0.2) is 0 Å². The summed E-state index contributed by atoms with van der Waals surface area (Å²) in [6.07, 6.45) is 2.56. The van der Waals surface area contributed by atoms with E-state index in [4.69, 9.17) is 16.3 Å². The highest BCUT2D eigenvalue weighted by atomic mass is 35.5. The van der Waals surface area contributed by atoms with Crippen LogP contribution < -0.4 is 10.1 Å². The molecular weight excluding hydrogens is 351 g/mol. The molecule has 2 aromatic carbocycles. The van der Waals surface area contributed by atoms with Crippen LogP contribution >= 0.6 is 11.6 Å². The molecule has 1 N–H and O–H groups in total. The molecule has 3 rings (SSSR count). The average molecular weight is 377 g/mol. The summed E-state index contributed by atoms with van der Waals surface area (Å²) in [4.78, 5) is 2.53. The molecule has 0 bridgehead atoms. The van der Waals surface area contributed by atoms with Gasteiger partial charge < -0.3 is 10.1 Å². The van der Waals surface area contributed by atoms with Crippen LogP contribution in [0.2, 0.25) is 5.02 Å². The Kier molecular flexibility index (Phi) is 6.89. The van der Waals surface area contributed by atoms with E-state index in [2.05, 4.69) is 23.2 Å². The van der Waals surface area contributed by atoms with Crippen LogP contribution in [0.15, 0.2) is 42.5 Å². The minimum Gasteiger partial charge on any atom is -0.489 e. The molecule has 1 fully saturated rings. The highest BCUT2D eigenvalue weighted by molar-refractivity contribution is 6.31. The maximum atomic E-state index is 13.8. The molecule has 1 aliphatic heterocycles. The van der Waals surface area contributed by atoms with Crippen molar-refractivity contribution in [2.45, 2.75) is 39.0 Å². The van der Waals surface area contributed by atoms with Crippen molar-refractivity contribution in [1.82, 2.24) is 10.2 Å². The van der Waals surface area contributed by atoms with Crippen molar-refractivity contribution in [1.29, 1.82) is 0 Å². The second-order valence-corrected chi connectivity index (χ2v) is 7.10. The number of ether oxygens (including phenoxy) is 1. The highest BCUT2D eigenvalue weighted by Crippen LogP contribution is 2.22. The number of likely N-dealkylation sites (N-methyl/N-ethyl adjacent to an activating group) is 1. The first-order valence-corrected chi connectivity index (χ1v) is 9.64. The first-order valence-electron chi connectivity index (χ1n) is 9.26. The Labute approximate surface area is 160 Å². The second kappa shape index (κ2) is 9.36. The Bertz CT molecular complexity index is 705. The molecule has 0 amide bonds. The van der Waals surface area contributed by atoms with Crippen molar-refractivity contribution in [2.24, 2.45) is 0 Å². The first kappa shape index (κ1) is 19.2. The number of nitrogens with zero attached hydrogens (tertiary/aromatic N) is 1. The van der Waals surface area contributed by atoms with E-state index in [1.807, 2.05) is 18.2 Å². The molecule has 5 heteroatoms. The van der Waals surface area contributed by atoms with Gasteiger partial charge in [-0.2, -0.15) is 0 Å². The molecule has 0 spiro atoms. The number of hydrogen-bond donors (Lipinski definition) is 1. The molecule has 0 aromatic heterocycles. The number of likely N-dealkylation sites (tertiary alicyclic amines) is 1. The predicted molar refractivity (Wildman–Crippen MR) is 104 cm³/mol. The second-order valence-electron chi connectivity index (χ2n) is 6.69. The fraction of sp³-hybridized carbons (Fsp3) is 0.429. The summed E-state index contributed by atoms with van der Waals surface area (Å²) in [5.74, 6) is 0.382. The summed E-state index contributed by atoms with van der Waals surface area (Å²) >= 11 is 6.05. The fourth-order valence-corrected chi connectivity index (χ4v) is 3.71. The van der Waals surface area contributed by atoms with E-state index in [0.29, 0.717) is 16.6 Å². The molecule has 3 nitrogen and oxygen atoms in total. The zero-order valence-electron chi connectivity index (χ0n) is 15.2. The summed E-state index contributed by atoms with van der Waals surface area (Å²) in [7, 11) is 0. The van der Waals surface area contributed by atoms with Gasteiger partial charge in [0.2, 0.25) is 0 Å². The molecule has 1 heterocycles. The highest BCUT2D eigenvalue weighted by Gasteiger charge is 2.22. The van der Waals surface area contributed by atoms with Crippen molar-refractivity contribution in [3.05, 3.63) is 64.4 Å². The molecule has 1 atom stereocenters. The summed E-state index contributed by atoms with van der Waals surface area (Å²) < 4.78 is 19.6. The van der Waals surface area contributed by atoms with Crippen LogP contribution in [-0.2, 0) is 13.2 Å². The van der Waals surface area contributed by atoms with Gasteiger partial charge >= 0.3 is 0 Å². The predicted octanol–water partition coefficient (Wildman–Crippen LogP) is 4.63. The van der Waals surface area contributed by atoms with Gasteiger partial charge in [-0.15, -0.1) is 0 Å². The minimum atomic E-state index is -0.340. The standard InChI is InChI=1S/C21H26ClFN2O/c1-2-25-11-5-7-17(25)14-24-13-16-6-3-8-18(12-16)26-15-19-20(22)9-4-10-21(19)23/h3-4,6,8-10,12,17,24H,2,5,7,11,13-15H2,1H3. The number of rotatable bonds is 8.